The summed E-state index contributed by atoms with van der Waals surface area (Å²) in [4.78, 5) is 10.5. The van der Waals surface area contributed by atoms with E-state index in [4.69, 9.17) is 5.73 Å². The van der Waals surface area contributed by atoms with Gasteiger partial charge in [-0.1, -0.05) is 12.8 Å². The van der Waals surface area contributed by atoms with Crippen LogP contribution in [0.1, 0.15) is 45.4 Å². The van der Waals surface area contributed by atoms with Crippen molar-refractivity contribution in [1.29, 1.82) is 0 Å². The van der Waals surface area contributed by atoms with Gasteiger partial charge in [-0.15, -0.1) is 0 Å². The van der Waals surface area contributed by atoms with Crippen molar-refractivity contribution in [3.63, 3.8) is 0 Å². The predicted molar refractivity (Wildman–Crippen MR) is 57.9 cm³/mol. The lowest BCUT2D eigenvalue weighted by Crippen LogP contribution is -2.27. The minimum atomic E-state index is -0.184. The second-order valence-corrected chi connectivity index (χ2v) is 4.46. The third-order valence-electron chi connectivity index (χ3n) is 2.73. The molecule has 0 spiro atoms. The number of carbonyl (C=O) groups excluding carboxylic acids is 1. The number of carbonyl (C=O) groups is 1. The summed E-state index contributed by atoms with van der Waals surface area (Å²) in [5, 5.41) is 3.48. The first kappa shape index (κ1) is 11.5. The third-order valence-corrected chi connectivity index (χ3v) is 2.73. The summed E-state index contributed by atoms with van der Waals surface area (Å²) in [6.07, 6.45) is 6.66. The van der Waals surface area contributed by atoms with E-state index in [1.807, 2.05) is 0 Å². The van der Waals surface area contributed by atoms with Crippen LogP contribution >= 0.6 is 0 Å². The summed E-state index contributed by atoms with van der Waals surface area (Å²) >= 11 is 0. The van der Waals surface area contributed by atoms with Crippen molar-refractivity contribution in [2.45, 2.75) is 51.5 Å². The largest absolute Gasteiger partial charge is 0.370 e. The first-order valence-corrected chi connectivity index (χ1v) is 5.70. The van der Waals surface area contributed by atoms with Gasteiger partial charge < -0.3 is 11.1 Å². The highest BCUT2D eigenvalue weighted by atomic mass is 16.1. The van der Waals surface area contributed by atoms with E-state index in [-0.39, 0.29) is 5.91 Å². The van der Waals surface area contributed by atoms with Gasteiger partial charge in [-0.25, -0.2) is 0 Å². The fraction of sp³-hybridized carbons (Fsp3) is 0.909. The van der Waals surface area contributed by atoms with Crippen molar-refractivity contribution in [3.05, 3.63) is 0 Å². The maximum absolute atomic E-state index is 10.5. The Morgan fingerprint density at radius 1 is 1.50 bits per heavy atom. The van der Waals surface area contributed by atoms with Crippen molar-refractivity contribution < 1.29 is 4.79 Å². The molecule has 1 unspecified atom stereocenters. The minimum Gasteiger partial charge on any atom is -0.370 e. The average molecular weight is 198 g/mol. The summed E-state index contributed by atoms with van der Waals surface area (Å²) in [6, 6.07) is 0.635. The zero-order valence-corrected chi connectivity index (χ0v) is 9.09. The van der Waals surface area contributed by atoms with Crippen LogP contribution in [-0.4, -0.2) is 18.5 Å². The van der Waals surface area contributed by atoms with Crippen molar-refractivity contribution >= 4 is 5.91 Å². The lowest BCUT2D eigenvalue weighted by atomic mass is 10.1. The first-order chi connectivity index (χ1) is 6.68. The summed E-state index contributed by atoms with van der Waals surface area (Å²) in [5.74, 6) is 0.805. The van der Waals surface area contributed by atoms with Crippen LogP contribution in [0.5, 0.6) is 0 Å². The molecule has 0 radical (unpaired) electrons. The molecule has 1 fully saturated rings. The molecule has 0 heterocycles. The number of rotatable bonds is 8. The van der Waals surface area contributed by atoms with Crippen LogP contribution in [-0.2, 0) is 4.79 Å². The Labute approximate surface area is 86.4 Å². The molecule has 1 amide bonds. The van der Waals surface area contributed by atoms with Gasteiger partial charge in [0.1, 0.15) is 0 Å². The fourth-order valence-corrected chi connectivity index (χ4v) is 1.71. The molecule has 1 aliphatic carbocycles. The highest BCUT2D eigenvalue weighted by molar-refractivity contribution is 5.73. The van der Waals surface area contributed by atoms with Gasteiger partial charge in [0.05, 0.1) is 0 Å². The Balaban J connectivity index is 1.84. The van der Waals surface area contributed by atoms with E-state index in [1.54, 1.807) is 0 Å². The van der Waals surface area contributed by atoms with E-state index >= 15 is 0 Å². The van der Waals surface area contributed by atoms with E-state index in [0.29, 0.717) is 12.5 Å². The Hall–Kier alpha value is -0.570. The van der Waals surface area contributed by atoms with E-state index < -0.39 is 0 Å². The number of nitrogens with one attached hydrogen (secondary N) is 1. The molecule has 82 valence electrons. The zero-order chi connectivity index (χ0) is 10.4. The number of nitrogens with two attached hydrogens (primary N) is 1. The van der Waals surface area contributed by atoms with Gasteiger partial charge in [0.25, 0.3) is 0 Å². The molecule has 14 heavy (non-hydrogen) atoms. The molecule has 3 nitrogen and oxygen atoms in total. The van der Waals surface area contributed by atoms with E-state index in [2.05, 4.69) is 12.2 Å². The van der Waals surface area contributed by atoms with Crippen LogP contribution in [0.2, 0.25) is 0 Å². The molecule has 0 saturated heterocycles. The monoisotopic (exact) mass is 198 g/mol. The molecule has 0 aromatic heterocycles. The Bertz CT molecular complexity index is 178. The van der Waals surface area contributed by atoms with Crippen LogP contribution in [0.15, 0.2) is 0 Å². The van der Waals surface area contributed by atoms with Crippen LogP contribution in [0, 0.1) is 5.92 Å². The summed E-state index contributed by atoms with van der Waals surface area (Å²) in [5.41, 5.74) is 5.05. The normalized spacial score (nSPS) is 18.1. The fourth-order valence-electron chi connectivity index (χ4n) is 1.71. The number of hydrogen-bond acceptors (Lipinski definition) is 2. The maximum Gasteiger partial charge on any atom is 0.217 e. The predicted octanol–water partition coefficient (Wildman–Crippen LogP) is 1.42. The van der Waals surface area contributed by atoms with Gasteiger partial charge in [-0.05, 0) is 38.6 Å². The zero-order valence-electron chi connectivity index (χ0n) is 9.09. The lowest BCUT2D eigenvalue weighted by Gasteiger charge is -2.12. The topological polar surface area (TPSA) is 55.1 Å². The molecule has 0 aromatic rings. The number of hydrogen-bond donors (Lipinski definition) is 2. The molecule has 0 aliphatic heterocycles. The minimum absolute atomic E-state index is 0.184. The first-order valence-electron chi connectivity index (χ1n) is 5.70. The summed E-state index contributed by atoms with van der Waals surface area (Å²) in [6.45, 7) is 3.26. The van der Waals surface area contributed by atoms with Crippen molar-refractivity contribution in [2.75, 3.05) is 6.54 Å². The second-order valence-electron chi connectivity index (χ2n) is 4.46. The van der Waals surface area contributed by atoms with Gasteiger partial charge >= 0.3 is 0 Å². The van der Waals surface area contributed by atoms with Crippen LogP contribution in [0.3, 0.4) is 0 Å². The quantitative estimate of drug-likeness (QED) is 0.580. The molecular formula is C11H22N2O. The third kappa shape index (κ3) is 5.97. The van der Waals surface area contributed by atoms with Crippen molar-refractivity contribution in [3.8, 4) is 0 Å². The van der Waals surface area contributed by atoms with Gasteiger partial charge in [-0.3, -0.25) is 4.79 Å². The summed E-state index contributed by atoms with van der Waals surface area (Å²) < 4.78 is 0. The number of unbranched alkanes of at least 4 members (excludes halogenated alkanes) is 1. The van der Waals surface area contributed by atoms with Crippen LogP contribution in [0.4, 0.5) is 0 Å². The Morgan fingerprint density at radius 3 is 2.79 bits per heavy atom. The van der Waals surface area contributed by atoms with Gasteiger partial charge in [-0.2, -0.15) is 0 Å². The molecule has 3 heteroatoms. The van der Waals surface area contributed by atoms with Gasteiger partial charge in [0.15, 0.2) is 0 Å². The standard InChI is InChI=1S/C11H22N2O/c1-9(8-10-5-6-10)13-7-3-2-4-11(12)14/h9-10,13H,2-8H2,1H3,(H2,12,14). The number of amides is 1. The van der Waals surface area contributed by atoms with Gasteiger partial charge in [0, 0.05) is 12.5 Å². The summed E-state index contributed by atoms with van der Waals surface area (Å²) in [7, 11) is 0. The van der Waals surface area contributed by atoms with E-state index in [0.717, 1.165) is 25.3 Å². The van der Waals surface area contributed by atoms with E-state index in [9.17, 15) is 4.79 Å². The SMILES string of the molecule is CC(CC1CC1)NCCCCC(N)=O. The van der Waals surface area contributed by atoms with E-state index in [1.165, 1.54) is 19.3 Å². The highest BCUT2D eigenvalue weighted by Gasteiger charge is 2.22. The molecule has 1 saturated carbocycles. The molecule has 3 N–H and O–H groups in total. The highest BCUT2D eigenvalue weighted by Crippen LogP contribution is 2.33. The second kappa shape index (κ2) is 6.02. The Kier molecular flexibility index (Phi) is 4.94. The molecule has 1 rings (SSSR count). The van der Waals surface area contributed by atoms with Crippen LogP contribution < -0.4 is 11.1 Å². The number of primary amides is 1. The Morgan fingerprint density at radius 2 is 2.21 bits per heavy atom. The molecule has 0 aromatic carbocycles. The molecule has 1 atom stereocenters. The average Bonchev–Trinajstić information content (AvgIpc) is 2.87. The lowest BCUT2D eigenvalue weighted by molar-refractivity contribution is -0.118. The molecule has 0 bridgehead atoms. The smallest absolute Gasteiger partial charge is 0.217 e. The molecular weight excluding hydrogens is 176 g/mol. The van der Waals surface area contributed by atoms with Gasteiger partial charge in [0.2, 0.25) is 5.91 Å². The van der Waals surface area contributed by atoms with Crippen molar-refractivity contribution in [1.82, 2.24) is 5.32 Å². The maximum atomic E-state index is 10.5. The van der Waals surface area contributed by atoms with Crippen LogP contribution in [0.25, 0.3) is 0 Å². The molecule has 1 aliphatic rings. The van der Waals surface area contributed by atoms with Crippen molar-refractivity contribution in [2.24, 2.45) is 11.7 Å².